The molecule has 3 rings (SSSR count). The minimum Gasteiger partial charge on any atom is -0.347 e. The van der Waals surface area contributed by atoms with Gasteiger partial charge in [0.05, 0.1) is 18.7 Å². The lowest BCUT2D eigenvalue weighted by molar-refractivity contribution is -0.123. The van der Waals surface area contributed by atoms with Gasteiger partial charge in [-0.05, 0) is 48.2 Å². The number of anilines is 1. The molecule has 29 heavy (non-hydrogen) atoms. The van der Waals surface area contributed by atoms with Crippen LogP contribution in [0.3, 0.4) is 0 Å². The lowest BCUT2D eigenvalue weighted by Gasteiger charge is -2.08. The first-order valence-electron chi connectivity index (χ1n) is 9.73. The number of nitrogens with one attached hydrogen (secondary N) is 2. The molecule has 0 fully saturated rings. The molecule has 1 aromatic heterocycles. The molecule has 3 aromatic rings. The molecule has 0 aliphatic rings. The van der Waals surface area contributed by atoms with Gasteiger partial charge in [-0.2, -0.15) is 5.10 Å². The number of carbonyl (C=O) groups is 2. The van der Waals surface area contributed by atoms with E-state index in [1.165, 1.54) is 11.9 Å². The first-order valence-corrected chi connectivity index (χ1v) is 9.73. The molecule has 150 valence electrons. The molecule has 2 N–H and O–H groups in total. The van der Waals surface area contributed by atoms with E-state index in [1.54, 1.807) is 23.1 Å². The van der Waals surface area contributed by atoms with Crippen LogP contribution in [-0.4, -0.2) is 33.1 Å². The number of carbonyl (C=O) groups excluding carboxylic acids is 2. The van der Waals surface area contributed by atoms with Crippen LogP contribution in [0.5, 0.6) is 0 Å². The van der Waals surface area contributed by atoms with Gasteiger partial charge in [0.15, 0.2) is 0 Å². The minimum absolute atomic E-state index is 0.0712. The van der Waals surface area contributed by atoms with Crippen molar-refractivity contribution in [3.8, 4) is 5.69 Å². The maximum atomic E-state index is 12.1. The van der Waals surface area contributed by atoms with Crippen LogP contribution in [-0.2, 0) is 22.4 Å². The van der Waals surface area contributed by atoms with Crippen LogP contribution >= 0.6 is 0 Å². The van der Waals surface area contributed by atoms with Crippen LogP contribution < -0.4 is 10.6 Å². The molecule has 7 heteroatoms. The zero-order chi connectivity index (χ0) is 20.5. The smallest absolute Gasteiger partial charge is 0.243 e. The van der Waals surface area contributed by atoms with Gasteiger partial charge in [0.2, 0.25) is 11.8 Å². The Morgan fingerprint density at radius 3 is 2.34 bits per heavy atom. The van der Waals surface area contributed by atoms with Crippen LogP contribution in [0, 0.1) is 0 Å². The summed E-state index contributed by atoms with van der Waals surface area (Å²) in [5, 5.41) is 9.47. The molecular formula is C22H25N5O2. The fraction of sp³-hybridized carbons (Fsp3) is 0.273. The van der Waals surface area contributed by atoms with Gasteiger partial charge in [0.25, 0.3) is 0 Å². The van der Waals surface area contributed by atoms with Crippen LogP contribution in [0.25, 0.3) is 5.69 Å². The molecular weight excluding hydrogens is 366 g/mol. The van der Waals surface area contributed by atoms with E-state index in [4.69, 9.17) is 0 Å². The number of nitrogens with zero attached hydrogens (tertiary/aromatic N) is 3. The first-order chi connectivity index (χ1) is 14.1. The Morgan fingerprint density at radius 1 is 0.966 bits per heavy atom. The SMILES string of the molecule is CCCCc1ccc(CC(=O)NCC(=O)Nc2ccc(-n3cncn3)cc2)cc1. The van der Waals surface area contributed by atoms with Gasteiger partial charge in [0, 0.05) is 5.69 Å². The quantitative estimate of drug-likeness (QED) is 0.587. The zero-order valence-corrected chi connectivity index (χ0v) is 16.5. The number of benzene rings is 2. The lowest BCUT2D eigenvalue weighted by atomic mass is 10.0. The number of aryl methyl sites for hydroxylation is 1. The Hall–Kier alpha value is -3.48. The van der Waals surface area contributed by atoms with E-state index in [0.29, 0.717) is 5.69 Å². The van der Waals surface area contributed by atoms with Gasteiger partial charge in [0.1, 0.15) is 12.7 Å². The highest BCUT2D eigenvalue weighted by Gasteiger charge is 2.08. The van der Waals surface area contributed by atoms with Crippen LogP contribution in [0.1, 0.15) is 30.9 Å². The molecule has 1 heterocycles. The number of hydrogen-bond acceptors (Lipinski definition) is 4. The summed E-state index contributed by atoms with van der Waals surface area (Å²) in [5.41, 5.74) is 3.71. The predicted octanol–water partition coefficient (Wildman–Crippen LogP) is 2.91. The van der Waals surface area contributed by atoms with Crippen molar-refractivity contribution in [3.63, 3.8) is 0 Å². The van der Waals surface area contributed by atoms with Crippen molar-refractivity contribution in [2.75, 3.05) is 11.9 Å². The van der Waals surface area contributed by atoms with E-state index >= 15 is 0 Å². The van der Waals surface area contributed by atoms with Crippen molar-refractivity contribution in [1.29, 1.82) is 0 Å². The van der Waals surface area contributed by atoms with Crippen molar-refractivity contribution in [2.24, 2.45) is 0 Å². The molecule has 2 aromatic carbocycles. The fourth-order valence-electron chi connectivity index (χ4n) is 2.88. The summed E-state index contributed by atoms with van der Waals surface area (Å²) in [7, 11) is 0. The third-order valence-corrected chi connectivity index (χ3v) is 4.49. The molecule has 2 amide bonds. The third-order valence-electron chi connectivity index (χ3n) is 4.49. The van der Waals surface area contributed by atoms with Crippen molar-refractivity contribution in [2.45, 2.75) is 32.6 Å². The van der Waals surface area contributed by atoms with Gasteiger partial charge in [-0.1, -0.05) is 37.6 Å². The number of aromatic nitrogens is 3. The van der Waals surface area contributed by atoms with Gasteiger partial charge in [-0.3, -0.25) is 9.59 Å². The second kappa shape index (κ2) is 10.2. The summed E-state index contributed by atoms with van der Waals surface area (Å²) < 4.78 is 1.63. The summed E-state index contributed by atoms with van der Waals surface area (Å²) in [6.07, 6.45) is 6.70. The Kier molecular flexibility index (Phi) is 7.10. The van der Waals surface area contributed by atoms with Crippen LogP contribution in [0.15, 0.2) is 61.2 Å². The fourth-order valence-corrected chi connectivity index (χ4v) is 2.88. The largest absolute Gasteiger partial charge is 0.347 e. The number of hydrogen-bond donors (Lipinski definition) is 2. The zero-order valence-electron chi connectivity index (χ0n) is 16.5. The molecule has 0 bridgehead atoms. The molecule has 0 saturated carbocycles. The van der Waals surface area contributed by atoms with Crippen molar-refractivity contribution >= 4 is 17.5 Å². The third kappa shape index (κ3) is 6.27. The van der Waals surface area contributed by atoms with Crippen molar-refractivity contribution < 1.29 is 9.59 Å². The van der Waals surface area contributed by atoms with Crippen molar-refractivity contribution in [1.82, 2.24) is 20.1 Å². The summed E-state index contributed by atoms with van der Waals surface area (Å²) in [6, 6.07) is 15.3. The van der Waals surface area contributed by atoms with E-state index in [0.717, 1.165) is 30.5 Å². The summed E-state index contributed by atoms with van der Waals surface area (Å²) in [5.74, 6) is -0.454. The van der Waals surface area contributed by atoms with Gasteiger partial charge in [-0.25, -0.2) is 9.67 Å². The predicted molar refractivity (Wildman–Crippen MR) is 112 cm³/mol. The average Bonchev–Trinajstić information content (AvgIpc) is 3.27. The van der Waals surface area contributed by atoms with Gasteiger partial charge in [-0.15, -0.1) is 0 Å². The lowest BCUT2D eigenvalue weighted by Crippen LogP contribution is -2.33. The summed E-state index contributed by atoms with van der Waals surface area (Å²) in [6.45, 7) is 2.10. The average molecular weight is 391 g/mol. The minimum atomic E-state index is -0.276. The monoisotopic (exact) mass is 391 g/mol. The highest BCUT2D eigenvalue weighted by Crippen LogP contribution is 2.12. The van der Waals surface area contributed by atoms with E-state index in [9.17, 15) is 9.59 Å². The maximum absolute atomic E-state index is 12.1. The van der Waals surface area contributed by atoms with E-state index in [-0.39, 0.29) is 24.8 Å². The number of amides is 2. The highest BCUT2D eigenvalue weighted by molar-refractivity contribution is 5.94. The summed E-state index contributed by atoms with van der Waals surface area (Å²) in [4.78, 5) is 28.1. The highest BCUT2D eigenvalue weighted by atomic mass is 16.2. The van der Waals surface area contributed by atoms with Gasteiger partial charge >= 0.3 is 0 Å². The first kappa shape index (κ1) is 20.3. The Morgan fingerprint density at radius 2 is 1.69 bits per heavy atom. The number of unbranched alkanes of at least 4 members (excludes halogenated alkanes) is 1. The van der Waals surface area contributed by atoms with Crippen LogP contribution in [0.2, 0.25) is 0 Å². The van der Waals surface area contributed by atoms with E-state index in [2.05, 4.69) is 39.8 Å². The molecule has 0 aliphatic carbocycles. The second-order valence-electron chi connectivity index (χ2n) is 6.81. The van der Waals surface area contributed by atoms with E-state index in [1.807, 2.05) is 24.3 Å². The molecule has 0 atom stereocenters. The normalized spacial score (nSPS) is 10.5. The molecule has 0 spiro atoms. The molecule has 0 radical (unpaired) electrons. The van der Waals surface area contributed by atoms with Crippen LogP contribution in [0.4, 0.5) is 5.69 Å². The Balaban J connectivity index is 1.42. The maximum Gasteiger partial charge on any atom is 0.243 e. The topological polar surface area (TPSA) is 88.9 Å². The molecule has 0 aliphatic heterocycles. The molecule has 0 unspecified atom stereocenters. The second-order valence-corrected chi connectivity index (χ2v) is 6.81. The van der Waals surface area contributed by atoms with Crippen molar-refractivity contribution in [3.05, 3.63) is 72.3 Å². The van der Waals surface area contributed by atoms with E-state index < -0.39 is 0 Å². The number of rotatable bonds is 9. The standard InChI is InChI=1S/C22H25N5O2/c1-2-3-4-17-5-7-18(8-6-17)13-21(28)24-14-22(29)26-19-9-11-20(12-10-19)27-16-23-15-25-27/h5-12,15-16H,2-4,13-14H2,1H3,(H,24,28)(H,26,29). The molecule has 0 saturated heterocycles. The summed E-state index contributed by atoms with van der Waals surface area (Å²) >= 11 is 0. The Bertz CT molecular complexity index is 919. The molecule has 7 nitrogen and oxygen atoms in total. The van der Waals surface area contributed by atoms with Gasteiger partial charge < -0.3 is 10.6 Å². The Labute approximate surface area is 170 Å².